The molecule has 0 saturated heterocycles. The van der Waals surface area contributed by atoms with Gasteiger partial charge in [-0.2, -0.15) is 0 Å². The predicted molar refractivity (Wildman–Crippen MR) is 181 cm³/mol. The average molecular weight is 574 g/mol. The van der Waals surface area contributed by atoms with E-state index in [1.54, 1.807) is 0 Å². The molecular weight excluding hydrogens is 502 g/mol. The van der Waals surface area contributed by atoms with Crippen LogP contribution in [0.15, 0.2) is 24.3 Å². The van der Waals surface area contributed by atoms with E-state index in [2.05, 4.69) is 38.2 Å². The van der Waals surface area contributed by atoms with Crippen LogP contribution in [0.3, 0.4) is 0 Å². The van der Waals surface area contributed by atoms with Gasteiger partial charge in [-0.25, -0.2) is 0 Å². The molecule has 0 bridgehead atoms. The Labute approximate surface area is 257 Å². The molecule has 0 N–H and O–H groups in total. The third-order valence-corrected chi connectivity index (χ3v) is 8.22. The van der Waals surface area contributed by atoms with E-state index in [1.807, 2.05) is 6.92 Å². The average Bonchev–Trinajstić information content (AvgIpc) is 2.97. The summed E-state index contributed by atoms with van der Waals surface area (Å²) < 4.78 is 0. The lowest BCUT2D eigenvalue weighted by Crippen LogP contribution is -2.36. The summed E-state index contributed by atoms with van der Waals surface area (Å²) in [7, 11) is 0. The molecule has 3 heteroatoms. The normalized spacial score (nSPS) is 11.7. The zero-order chi connectivity index (χ0) is 30.1. The van der Waals surface area contributed by atoms with Crippen LogP contribution in [-0.4, -0.2) is 23.3 Å². The Hall–Kier alpha value is -1.38. The molecule has 0 aliphatic heterocycles. The maximum atomic E-state index is 12.6. The van der Waals surface area contributed by atoms with Crippen molar-refractivity contribution in [3.05, 3.63) is 24.3 Å². The van der Waals surface area contributed by atoms with Crippen molar-refractivity contribution in [3.63, 3.8) is 0 Å². The minimum absolute atomic E-state index is 0.0304. The molecule has 0 spiro atoms. The van der Waals surface area contributed by atoms with Gasteiger partial charge in [0.2, 0.25) is 11.8 Å². The molecule has 0 aromatic heterocycles. The van der Waals surface area contributed by atoms with Crippen LogP contribution in [0.5, 0.6) is 0 Å². The molecule has 2 amide bonds. The van der Waals surface area contributed by atoms with Crippen molar-refractivity contribution in [3.8, 4) is 0 Å². The van der Waals surface area contributed by atoms with Gasteiger partial charge in [0, 0.05) is 19.4 Å². The van der Waals surface area contributed by atoms with Gasteiger partial charge in [-0.15, -0.1) is 0 Å². The van der Waals surface area contributed by atoms with E-state index in [0.29, 0.717) is 19.4 Å². The molecule has 0 aromatic carbocycles. The third kappa shape index (κ3) is 28.5. The second kappa shape index (κ2) is 33.1. The van der Waals surface area contributed by atoms with E-state index in [-0.39, 0.29) is 11.8 Å². The number of nitrogens with zero attached hydrogens (tertiary/aromatic N) is 1. The van der Waals surface area contributed by atoms with Crippen molar-refractivity contribution < 1.29 is 9.59 Å². The Balaban J connectivity index is 3.63. The van der Waals surface area contributed by atoms with Gasteiger partial charge in [-0.05, 0) is 71.1 Å². The number of carbonyl (C=O) groups excluding carboxylic acids is 2. The van der Waals surface area contributed by atoms with Crippen LogP contribution in [0.2, 0.25) is 0 Å². The Bertz CT molecular complexity index is 572. The van der Waals surface area contributed by atoms with E-state index in [9.17, 15) is 9.59 Å². The fourth-order valence-corrected chi connectivity index (χ4v) is 5.46. The van der Waals surface area contributed by atoms with Gasteiger partial charge in [-0.1, -0.05) is 141 Å². The highest BCUT2D eigenvalue weighted by atomic mass is 16.2. The van der Waals surface area contributed by atoms with Crippen molar-refractivity contribution in [2.75, 3.05) is 6.54 Å². The van der Waals surface area contributed by atoms with Crippen LogP contribution in [0.1, 0.15) is 201 Å². The molecule has 0 aliphatic rings. The number of hydrogen-bond donors (Lipinski definition) is 0. The molecule has 41 heavy (non-hydrogen) atoms. The smallest absolute Gasteiger partial charge is 0.229 e. The first kappa shape index (κ1) is 39.6. The largest absolute Gasteiger partial charge is 0.283 e. The molecule has 0 unspecified atom stereocenters. The summed E-state index contributed by atoms with van der Waals surface area (Å²) in [5.41, 5.74) is 0. The quantitative estimate of drug-likeness (QED) is 0.0611. The second-order valence-electron chi connectivity index (χ2n) is 12.2. The Morgan fingerprint density at radius 2 is 0.659 bits per heavy atom. The van der Waals surface area contributed by atoms with Crippen LogP contribution in [0.25, 0.3) is 0 Å². The fraction of sp³-hybridized carbons (Fsp3) is 0.842. The molecule has 0 aromatic rings. The highest BCUT2D eigenvalue weighted by Gasteiger charge is 2.18. The topological polar surface area (TPSA) is 37.4 Å². The predicted octanol–water partition coefficient (Wildman–Crippen LogP) is 12.4. The number of rotatable bonds is 31. The van der Waals surface area contributed by atoms with Gasteiger partial charge >= 0.3 is 0 Å². The zero-order valence-corrected chi connectivity index (χ0v) is 28.1. The Morgan fingerprint density at radius 3 is 0.951 bits per heavy atom. The van der Waals surface area contributed by atoms with E-state index in [1.165, 1.54) is 146 Å². The van der Waals surface area contributed by atoms with Crippen LogP contribution in [-0.2, 0) is 9.59 Å². The highest BCUT2D eigenvalue weighted by molar-refractivity contribution is 5.95. The van der Waals surface area contributed by atoms with Crippen LogP contribution >= 0.6 is 0 Å². The van der Waals surface area contributed by atoms with Crippen LogP contribution in [0, 0.1) is 0 Å². The maximum absolute atomic E-state index is 12.6. The van der Waals surface area contributed by atoms with E-state index >= 15 is 0 Å². The van der Waals surface area contributed by atoms with Crippen molar-refractivity contribution in [2.24, 2.45) is 0 Å². The molecule has 3 nitrogen and oxygen atoms in total. The molecule has 0 fully saturated rings. The van der Waals surface area contributed by atoms with Crippen LogP contribution < -0.4 is 0 Å². The molecular formula is C38H71NO2. The summed E-state index contributed by atoms with van der Waals surface area (Å²) >= 11 is 0. The van der Waals surface area contributed by atoms with Crippen molar-refractivity contribution >= 4 is 11.8 Å². The number of amides is 2. The minimum Gasteiger partial charge on any atom is -0.283 e. The van der Waals surface area contributed by atoms with Gasteiger partial charge in [0.05, 0.1) is 0 Å². The first-order valence-electron chi connectivity index (χ1n) is 18.3. The lowest BCUT2D eigenvalue weighted by atomic mass is 10.1. The summed E-state index contributed by atoms with van der Waals surface area (Å²) in [6.07, 6.45) is 43.1. The molecule has 240 valence electrons. The summed E-state index contributed by atoms with van der Waals surface area (Å²) in [4.78, 5) is 26.7. The lowest BCUT2D eigenvalue weighted by Gasteiger charge is -2.19. The number of hydrogen-bond acceptors (Lipinski definition) is 2. The third-order valence-electron chi connectivity index (χ3n) is 8.22. The molecule has 0 saturated carbocycles. The van der Waals surface area contributed by atoms with Gasteiger partial charge in [0.1, 0.15) is 0 Å². The number of allylic oxidation sites excluding steroid dienone is 4. The first-order valence-corrected chi connectivity index (χ1v) is 18.3. The summed E-state index contributed by atoms with van der Waals surface area (Å²) in [6.45, 7) is 6.97. The van der Waals surface area contributed by atoms with Gasteiger partial charge in [0.15, 0.2) is 0 Å². The maximum Gasteiger partial charge on any atom is 0.229 e. The standard InChI is InChI=1S/C38H71NO2/c1-4-7-9-11-13-15-17-19-21-23-25-27-29-31-33-35-37(40)39(6-3)38(41)36-34-32-30-28-26-24-22-20-18-16-14-12-10-8-5-2/h19-22H,4-18,23-36H2,1-3H3/b21-19-,22-20-. The summed E-state index contributed by atoms with van der Waals surface area (Å²) in [5.74, 6) is 0.0609. The summed E-state index contributed by atoms with van der Waals surface area (Å²) in [5, 5.41) is 0. The SMILES string of the molecule is CCCCCCCC/C=C\CCCCCCCC(=O)N(CC)C(=O)CCCCCCC/C=C\CCCCCCCC. The van der Waals surface area contributed by atoms with Crippen molar-refractivity contribution in [2.45, 2.75) is 201 Å². The first-order chi connectivity index (χ1) is 20.2. The molecule has 0 aliphatic carbocycles. The van der Waals surface area contributed by atoms with Crippen LogP contribution in [0.4, 0.5) is 0 Å². The molecule has 0 radical (unpaired) electrons. The number of carbonyl (C=O) groups is 2. The number of unbranched alkanes of at least 4 members (excludes halogenated alkanes) is 22. The number of imide groups is 1. The van der Waals surface area contributed by atoms with Gasteiger partial charge in [0.25, 0.3) is 0 Å². The van der Waals surface area contributed by atoms with E-state index in [0.717, 1.165) is 25.7 Å². The van der Waals surface area contributed by atoms with Gasteiger partial charge < -0.3 is 0 Å². The van der Waals surface area contributed by atoms with E-state index in [4.69, 9.17) is 0 Å². The van der Waals surface area contributed by atoms with E-state index < -0.39 is 0 Å². The summed E-state index contributed by atoms with van der Waals surface area (Å²) in [6, 6.07) is 0. The minimum atomic E-state index is 0.0304. The van der Waals surface area contributed by atoms with Gasteiger partial charge in [-0.3, -0.25) is 14.5 Å². The monoisotopic (exact) mass is 574 g/mol. The second-order valence-corrected chi connectivity index (χ2v) is 12.2. The molecule has 0 heterocycles. The zero-order valence-electron chi connectivity index (χ0n) is 28.1. The highest BCUT2D eigenvalue weighted by Crippen LogP contribution is 2.13. The van der Waals surface area contributed by atoms with Crippen molar-refractivity contribution in [1.29, 1.82) is 0 Å². The van der Waals surface area contributed by atoms with Crippen molar-refractivity contribution in [1.82, 2.24) is 4.90 Å². The molecule has 0 rings (SSSR count). The Kier molecular flexibility index (Phi) is 32.0. The Morgan fingerprint density at radius 1 is 0.390 bits per heavy atom. The fourth-order valence-electron chi connectivity index (χ4n) is 5.46. The molecule has 0 atom stereocenters. The lowest BCUT2D eigenvalue weighted by molar-refractivity contribution is -0.144.